The van der Waals surface area contributed by atoms with Crippen molar-refractivity contribution in [2.24, 2.45) is 5.73 Å². The molecule has 1 amide bonds. The van der Waals surface area contributed by atoms with Crippen LogP contribution in [0.3, 0.4) is 0 Å². The third-order valence-corrected chi connectivity index (χ3v) is 6.20. The third-order valence-electron chi connectivity index (χ3n) is 6.20. The number of nitrogen functional groups attached to an aromatic ring is 1. The van der Waals surface area contributed by atoms with Crippen molar-refractivity contribution < 1.29 is 4.79 Å². The van der Waals surface area contributed by atoms with Gasteiger partial charge in [0.15, 0.2) is 0 Å². The fourth-order valence-corrected chi connectivity index (χ4v) is 4.51. The second-order valence-corrected chi connectivity index (χ2v) is 9.12. The predicted molar refractivity (Wildman–Crippen MR) is 140 cm³/mol. The average Bonchev–Trinajstić information content (AvgIpc) is 3.01. The topological polar surface area (TPSA) is 85.4 Å². The second-order valence-electron chi connectivity index (χ2n) is 9.12. The van der Waals surface area contributed by atoms with Crippen molar-refractivity contribution in [3.63, 3.8) is 0 Å². The number of rotatable bonds is 7. The molecule has 3 aromatic rings. The van der Waals surface area contributed by atoms with Crippen LogP contribution in [-0.2, 0) is 11.3 Å². The number of nitrogens with zero attached hydrogens (tertiary/aromatic N) is 2. The molecule has 4 N–H and O–H groups in total. The van der Waals surface area contributed by atoms with E-state index in [1.165, 1.54) is 11.1 Å². The zero-order valence-electron chi connectivity index (χ0n) is 19.9. The molecule has 1 aliphatic heterocycles. The molecule has 1 heterocycles. The maximum absolute atomic E-state index is 13.5. The molecule has 0 spiro atoms. The van der Waals surface area contributed by atoms with Gasteiger partial charge in [0.1, 0.15) is 11.9 Å². The molecule has 3 aromatic carbocycles. The van der Waals surface area contributed by atoms with E-state index in [2.05, 4.69) is 72.8 Å². The van der Waals surface area contributed by atoms with Crippen LogP contribution in [0.25, 0.3) is 11.1 Å². The summed E-state index contributed by atoms with van der Waals surface area (Å²) >= 11 is 0. The molecule has 0 radical (unpaired) electrons. The number of carbonyl (C=O) groups excluding carboxylic acids is 1. The highest BCUT2D eigenvalue weighted by atomic mass is 16.2. The number of nitrogens with one attached hydrogen (secondary N) is 2. The van der Waals surface area contributed by atoms with E-state index in [9.17, 15) is 4.79 Å². The van der Waals surface area contributed by atoms with Crippen LogP contribution >= 0.6 is 0 Å². The monoisotopic (exact) mass is 455 g/mol. The lowest BCUT2D eigenvalue weighted by Crippen LogP contribution is -2.41. The van der Waals surface area contributed by atoms with E-state index < -0.39 is 0 Å². The van der Waals surface area contributed by atoms with E-state index in [1.807, 2.05) is 23.1 Å². The highest BCUT2D eigenvalue weighted by Gasteiger charge is 2.28. The van der Waals surface area contributed by atoms with Gasteiger partial charge in [0, 0.05) is 30.0 Å². The number of anilines is 2. The van der Waals surface area contributed by atoms with E-state index in [0.29, 0.717) is 12.1 Å². The van der Waals surface area contributed by atoms with Crippen molar-refractivity contribution in [3.8, 4) is 11.1 Å². The van der Waals surface area contributed by atoms with Crippen LogP contribution in [0.1, 0.15) is 30.4 Å². The first-order valence-electron chi connectivity index (χ1n) is 11.8. The maximum atomic E-state index is 13.5. The van der Waals surface area contributed by atoms with Gasteiger partial charge in [-0.15, -0.1) is 0 Å². The van der Waals surface area contributed by atoms with Crippen LogP contribution in [0.2, 0.25) is 0 Å². The molecular weight excluding hydrogens is 422 g/mol. The van der Waals surface area contributed by atoms with Gasteiger partial charge in [-0.1, -0.05) is 48.5 Å². The Kier molecular flexibility index (Phi) is 7.28. The van der Waals surface area contributed by atoms with Gasteiger partial charge in [0.2, 0.25) is 5.91 Å². The minimum Gasteiger partial charge on any atom is -0.384 e. The molecule has 6 nitrogen and oxygen atoms in total. The number of amides is 1. The number of carbonyl (C=O) groups is 1. The van der Waals surface area contributed by atoms with Gasteiger partial charge in [0.05, 0.1) is 0 Å². The van der Waals surface area contributed by atoms with Crippen molar-refractivity contribution in [1.29, 1.82) is 5.41 Å². The Labute approximate surface area is 201 Å². The molecule has 1 atom stereocenters. The first-order chi connectivity index (χ1) is 16.4. The molecule has 0 aliphatic carbocycles. The molecule has 176 valence electrons. The summed E-state index contributed by atoms with van der Waals surface area (Å²) in [4.78, 5) is 17.6. The summed E-state index contributed by atoms with van der Waals surface area (Å²) in [6, 6.07) is 23.9. The van der Waals surface area contributed by atoms with E-state index in [4.69, 9.17) is 11.1 Å². The molecule has 1 aliphatic rings. The Hall–Kier alpha value is -3.64. The highest BCUT2D eigenvalue weighted by Crippen LogP contribution is 2.29. The van der Waals surface area contributed by atoms with Crippen LogP contribution < -0.4 is 16.0 Å². The van der Waals surface area contributed by atoms with Crippen LogP contribution in [0.15, 0.2) is 72.8 Å². The van der Waals surface area contributed by atoms with Crippen LogP contribution in [-0.4, -0.2) is 43.3 Å². The van der Waals surface area contributed by atoms with Crippen molar-refractivity contribution >= 4 is 23.1 Å². The normalized spacial score (nSPS) is 16.4. The molecule has 4 rings (SSSR count). The quantitative estimate of drug-likeness (QED) is 0.356. The highest BCUT2D eigenvalue weighted by molar-refractivity contribution is 6.00. The summed E-state index contributed by atoms with van der Waals surface area (Å²) in [7, 11) is 4.15. The van der Waals surface area contributed by atoms with Crippen molar-refractivity contribution in [2.45, 2.75) is 31.8 Å². The first-order valence-corrected chi connectivity index (χ1v) is 11.8. The van der Waals surface area contributed by atoms with Crippen LogP contribution in [0.4, 0.5) is 11.4 Å². The molecule has 1 saturated heterocycles. The number of nitrogens with two attached hydrogens (primary N) is 1. The Balaban J connectivity index is 1.54. The summed E-state index contributed by atoms with van der Waals surface area (Å²) in [6.07, 6.45) is 2.71. The SMILES string of the molecule is CN(C)Cc1ccccc1-c1ccc(N2CCCCC(Nc3cccc(C(=N)N)c3)C2=O)cc1. The van der Waals surface area contributed by atoms with E-state index in [-0.39, 0.29) is 17.8 Å². The van der Waals surface area contributed by atoms with E-state index in [1.54, 1.807) is 6.07 Å². The summed E-state index contributed by atoms with van der Waals surface area (Å²) in [5, 5.41) is 11.0. The number of hydrogen-bond acceptors (Lipinski definition) is 4. The van der Waals surface area contributed by atoms with E-state index >= 15 is 0 Å². The zero-order chi connectivity index (χ0) is 24.1. The molecule has 1 fully saturated rings. The molecule has 0 aromatic heterocycles. The van der Waals surface area contributed by atoms with Gasteiger partial charge in [-0.25, -0.2) is 0 Å². The molecule has 6 heteroatoms. The zero-order valence-corrected chi connectivity index (χ0v) is 19.9. The fraction of sp³-hybridized carbons (Fsp3) is 0.286. The van der Waals surface area contributed by atoms with Gasteiger partial charge in [0.25, 0.3) is 0 Å². The number of benzene rings is 3. The van der Waals surface area contributed by atoms with Gasteiger partial charge in [-0.2, -0.15) is 0 Å². The molecule has 1 unspecified atom stereocenters. The minimum atomic E-state index is -0.315. The summed E-state index contributed by atoms with van der Waals surface area (Å²) < 4.78 is 0. The summed E-state index contributed by atoms with van der Waals surface area (Å²) in [5.41, 5.74) is 11.7. The standard InChI is InChI=1S/C28H33N5O/c1-32(2)19-22-8-3-4-11-25(22)20-13-15-24(16-14-20)33-17-6-5-12-26(28(33)34)31-23-10-7-9-21(18-23)27(29)30/h3-4,7-11,13-16,18,26,31H,5-6,12,17,19H2,1-2H3,(H3,29,30). The predicted octanol–water partition coefficient (Wildman–Crippen LogP) is 4.70. The third kappa shape index (κ3) is 5.46. The Bertz CT molecular complexity index is 1160. The fourth-order valence-electron chi connectivity index (χ4n) is 4.51. The summed E-state index contributed by atoms with van der Waals surface area (Å²) in [5.74, 6) is 0.0937. The lowest BCUT2D eigenvalue weighted by Gasteiger charge is -2.26. The van der Waals surface area contributed by atoms with Crippen LogP contribution in [0, 0.1) is 5.41 Å². The largest absolute Gasteiger partial charge is 0.384 e. The van der Waals surface area contributed by atoms with Crippen molar-refractivity contribution in [2.75, 3.05) is 30.9 Å². The molecule has 0 bridgehead atoms. The molecule has 0 saturated carbocycles. The molecule has 34 heavy (non-hydrogen) atoms. The Morgan fingerprint density at radius 2 is 1.82 bits per heavy atom. The Morgan fingerprint density at radius 3 is 2.56 bits per heavy atom. The smallest absolute Gasteiger partial charge is 0.249 e. The molecular formula is C28H33N5O. The number of amidine groups is 1. The number of hydrogen-bond donors (Lipinski definition) is 3. The van der Waals surface area contributed by atoms with Gasteiger partial charge in [-0.3, -0.25) is 10.2 Å². The van der Waals surface area contributed by atoms with Crippen molar-refractivity contribution in [3.05, 3.63) is 83.9 Å². The van der Waals surface area contributed by atoms with Crippen LogP contribution in [0.5, 0.6) is 0 Å². The van der Waals surface area contributed by atoms with Crippen molar-refractivity contribution in [1.82, 2.24) is 4.90 Å². The average molecular weight is 456 g/mol. The second kappa shape index (κ2) is 10.5. The lowest BCUT2D eigenvalue weighted by molar-refractivity contribution is -0.119. The Morgan fingerprint density at radius 1 is 1.06 bits per heavy atom. The maximum Gasteiger partial charge on any atom is 0.249 e. The van der Waals surface area contributed by atoms with E-state index in [0.717, 1.165) is 42.7 Å². The summed E-state index contributed by atoms with van der Waals surface area (Å²) in [6.45, 7) is 1.59. The first kappa shape index (κ1) is 23.5. The lowest BCUT2D eigenvalue weighted by atomic mass is 9.99. The van der Waals surface area contributed by atoms with Gasteiger partial charge >= 0.3 is 0 Å². The van der Waals surface area contributed by atoms with Gasteiger partial charge < -0.3 is 20.9 Å². The minimum absolute atomic E-state index is 0.0183. The van der Waals surface area contributed by atoms with Gasteiger partial charge in [-0.05, 0) is 74.3 Å².